The molecule has 3 N–H and O–H groups in total. The lowest BCUT2D eigenvalue weighted by molar-refractivity contribution is -0.125. The predicted molar refractivity (Wildman–Crippen MR) is 68.6 cm³/mol. The van der Waals surface area contributed by atoms with Crippen LogP contribution in [0.15, 0.2) is 0 Å². The largest absolute Gasteiger partial charge is 0.380 e. The Labute approximate surface area is 104 Å². The molecule has 0 heterocycles. The van der Waals surface area contributed by atoms with Crippen molar-refractivity contribution in [2.75, 3.05) is 13.7 Å². The summed E-state index contributed by atoms with van der Waals surface area (Å²) in [7, 11) is 1.59. The molecular formula is C13H26N2O2. The number of rotatable bonds is 5. The van der Waals surface area contributed by atoms with Crippen molar-refractivity contribution in [3.8, 4) is 0 Å². The Morgan fingerprint density at radius 3 is 2.76 bits per heavy atom. The van der Waals surface area contributed by atoms with Gasteiger partial charge in [-0.05, 0) is 18.3 Å². The number of nitrogens with two attached hydrogens (primary N) is 1. The molecule has 0 aliphatic heterocycles. The van der Waals surface area contributed by atoms with Crippen LogP contribution in [0, 0.1) is 5.41 Å². The maximum absolute atomic E-state index is 11.9. The Morgan fingerprint density at radius 1 is 1.53 bits per heavy atom. The summed E-state index contributed by atoms with van der Waals surface area (Å²) in [4.78, 5) is 11.9. The Kier molecular flexibility index (Phi) is 5.40. The third-order valence-corrected chi connectivity index (χ3v) is 3.85. The number of nitrogens with one attached hydrogen (secondary N) is 1. The van der Waals surface area contributed by atoms with Crippen LogP contribution >= 0.6 is 0 Å². The van der Waals surface area contributed by atoms with Gasteiger partial charge in [0.15, 0.2) is 0 Å². The van der Waals surface area contributed by atoms with Gasteiger partial charge in [-0.2, -0.15) is 0 Å². The van der Waals surface area contributed by atoms with Gasteiger partial charge in [0.05, 0.1) is 12.5 Å². The second-order valence-corrected chi connectivity index (χ2v) is 5.65. The van der Waals surface area contributed by atoms with Crippen molar-refractivity contribution in [2.45, 2.75) is 58.1 Å². The molecule has 0 aromatic carbocycles. The second kappa shape index (κ2) is 6.36. The summed E-state index contributed by atoms with van der Waals surface area (Å²) in [5.74, 6) is 0.0577. The monoisotopic (exact) mass is 242 g/mol. The van der Waals surface area contributed by atoms with E-state index in [0.717, 1.165) is 6.42 Å². The van der Waals surface area contributed by atoms with E-state index < -0.39 is 0 Å². The first kappa shape index (κ1) is 14.5. The first-order valence-electron chi connectivity index (χ1n) is 6.52. The van der Waals surface area contributed by atoms with Crippen molar-refractivity contribution in [1.82, 2.24) is 5.32 Å². The Morgan fingerprint density at radius 2 is 2.24 bits per heavy atom. The quantitative estimate of drug-likeness (QED) is 0.766. The molecule has 0 aromatic heterocycles. The van der Waals surface area contributed by atoms with E-state index in [9.17, 15) is 4.79 Å². The van der Waals surface area contributed by atoms with E-state index in [1.165, 1.54) is 19.3 Å². The number of carbonyl (C=O) groups is 1. The number of carbonyl (C=O) groups excluding carboxylic acids is 1. The normalized spacial score (nSPS) is 25.3. The van der Waals surface area contributed by atoms with Gasteiger partial charge in [-0.25, -0.2) is 0 Å². The van der Waals surface area contributed by atoms with Crippen molar-refractivity contribution in [2.24, 2.45) is 11.1 Å². The predicted octanol–water partition coefficient (Wildman–Crippen LogP) is 1.44. The fourth-order valence-electron chi connectivity index (χ4n) is 2.48. The van der Waals surface area contributed by atoms with Crippen molar-refractivity contribution in [3.63, 3.8) is 0 Å². The van der Waals surface area contributed by atoms with Gasteiger partial charge >= 0.3 is 0 Å². The highest BCUT2D eigenvalue weighted by molar-refractivity contribution is 5.76. The molecule has 1 aliphatic rings. The van der Waals surface area contributed by atoms with Crippen LogP contribution in [0.2, 0.25) is 0 Å². The Hall–Kier alpha value is -0.610. The molecule has 2 unspecified atom stereocenters. The molecule has 4 nitrogen and oxygen atoms in total. The molecular weight excluding hydrogens is 216 g/mol. The van der Waals surface area contributed by atoms with Crippen LogP contribution in [-0.2, 0) is 9.53 Å². The van der Waals surface area contributed by atoms with Crippen LogP contribution in [0.1, 0.15) is 46.0 Å². The second-order valence-electron chi connectivity index (χ2n) is 5.65. The average molecular weight is 242 g/mol. The van der Waals surface area contributed by atoms with Gasteiger partial charge in [-0.1, -0.05) is 26.7 Å². The Bertz CT molecular complexity index is 250. The Balaban J connectivity index is 2.44. The van der Waals surface area contributed by atoms with E-state index in [0.29, 0.717) is 19.0 Å². The lowest BCUT2D eigenvalue weighted by Crippen LogP contribution is -2.47. The lowest BCUT2D eigenvalue weighted by Gasteiger charge is -2.39. The van der Waals surface area contributed by atoms with E-state index in [2.05, 4.69) is 19.2 Å². The molecule has 0 aromatic rings. The highest BCUT2D eigenvalue weighted by Crippen LogP contribution is 2.35. The smallest absolute Gasteiger partial charge is 0.222 e. The molecule has 2 atom stereocenters. The van der Waals surface area contributed by atoms with Gasteiger partial charge < -0.3 is 15.8 Å². The molecule has 1 amide bonds. The van der Waals surface area contributed by atoms with Crippen molar-refractivity contribution in [1.29, 1.82) is 0 Å². The molecule has 4 heteroatoms. The summed E-state index contributed by atoms with van der Waals surface area (Å²) in [5.41, 5.74) is 5.72. The average Bonchev–Trinajstić information content (AvgIpc) is 2.28. The van der Waals surface area contributed by atoms with Gasteiger partial charge in [-0.15, -0.1) is 0 Å². The molecule has 17 heavy (non-hydrogen) atoms. The van der Waals surface area contributed by atoms with Crippen LogP contribution in [0.25, 0.3) is 0 Å². The highest BCUT2D eigenvalue weighted by atomic mass is 16.5. The first-order chi connectivity index (χ1) is 7.99. The summed E-state index contributed by atoms with van der Waals surface area (Å²) >= 11 is 0. The van der Waals surface area contributed by atoms with Gasteiger partial charge in [-0.3, -0.25) is 4.79 Å². The minimum Gasteiger partial charge on any atom is -0.380 e. The summed E-state index contributed by atoms with van der Waals surface area (Å²) in [6, 6.07) is 0.291. The van der Waals surface area contributed by atoms with Gasteiger partial charge in [0.1, 0.15) is 0 Å². The molecule has 0 bridgehead atoms. The van der Waals surface area contributed by atoms with Gasteiger partial charge in [0.25, 0.3) is 0 Å². The lowest BCUT2D eigenvalue weighted by atomic mass is 9.73. The zero-order chi connectivity index (χ0) is 12.9. The zero-order valence-corrected chi connectivity index (χ0v) is 11.3. The van der Waals surface area contributed by atoms with Gasteiger partial charge in [0.2, 0.25) is 5.91 Å². The van der Waals surface area contributed by atoms with E-state index in [-0.39, 0.29) is 17.4 Å². The van der Waals surface area contributed by atoms with Crippen LogP contribution in [0.3, 0.4) is 0 Å². The molecule has 0 saturated heterocycles. The topological polar surface area (TPSA) is 64.3 Å². The maximum atomic E-state index is 11.9. The molecule has 0 spiro atoms. The fourth-order valence-corrected chi connectivity index (χ4v) is 2.48. The van der Waals surface area contributed by atoms with Crippen LogP contribution in [-0.4, -0.2) is 31.7 Å². The van der Waals surface area contributed by atoms with Crippen molar-refractivity contribution < 1.29 is 9.53 Å². The van der Waals surface area contributed by atoms with Gasteiger partial charge in [0, 0.05) is 19.7 Å². The van der Waals surface area contributed by atoms with E-state index in [1.807, 2.05) is 0 Å². The van der Waals surface area contributed by atoms with E-state index in [1.54, 1.807) is 7.11 Å². The summed E-state index contributed by atoms with van der Waals surface area (Å²) in [6.07, 6.45) is 4.94. The molecule has 1 fully saturated rings. The van der Waals surface area contributed by atoms with E-state index >= 15 is 0 Å². The van der Waals surface area contributed by atoms with Crippen LogP contribution < -0.4 is 11.1 Å². The molecule has 1 saturated carbocycles. The fraction of sp³-hybridized carbons (Fsp3) is 0.923. The van der Waals surface area contributed by atoms with Crippen molar-refractivity contribution >= 4 is 5.91 Å². The maximum Gasteiger partial charge on any atom is 0.222 e. The van der Waals surface area contributed by atoms with Crippen LogP contribution in [0.5, 0.6) is 0 Å². The third-order valence-electron chi connectivity index (χ3n) is 3.85. The highest BCUT2D eigenvalue weighted by Gasteiger charge is 2.33. The first-order valence-corrected chi connectivity index (χ1v) is 6.52. The summed E-state index contributed by atoms with van der Waals surface area (Å²) in [6.45, 7) is 4.85. The molecule has 1 rings (SSSR count). The SMILES string of the molecule is COC(CN)CC(=O)NC1CCCCC1(C)C. The number of amides is 1. The number of ether oxygens (including phenoxy) is 1. The standard InChI is InChI=1S/C13H26N2O2/c1-13(2)7-5-4-6-11(13)15-12(16)8-10(9-14)17-3/h10-11H,4-9,14H2,1-3H3,(H,15,16). The number of hydrogen-bond donors (Lipinski definition) is 2. The van der Waals surface area contributed by atoms with Crippen LogP contribution in [0.4, 0.5) is 0 Å². The molecule has 100 valence electrons. The van der Waals surface area contributed by atoms with Crippen molar-refractivity contribution in [3.05, 3.63) is 0 Å². The minimum atomic E-state index is -0.165. The number of hydrogen-bond acceptors (Lipinski definition) is 3. The van der Waals surface area contributed by atoms with E-state index in [4.69, 9.17) is 10.5 Å². The third kappa shape index (κ3) is 4.28. The minimum absolute atomic E-state index is 0.0577. The molecule has 1 aliphatic carbocycles. The summed E-state index contributed by atoms with van der Waals surface area (Å²) < 4.78 is 5.13. The zero-order valence-electron chi connectivity index (χ0n) is 11.3. The summed E-state index contributed by atoms with van der Waals surface area (Å²) in [5, 5.41) is 3.13. The number of methoxy groups -OCH3 is 1. The molecule has 0 radical (unpaired) electrons.